The zero-order chi connectivity index (χ0) is 24.0. The van der Waals surface area contributed by atoms with Gasteiger partial charge in [-0.3, -0.25) is 14.9 Å². The molecule has 0 bridgehead atoms. The summed E-state index contributed by atoms with van der Waals surface area (Å²) < 4.78 is 32.5. The molecule has 0 unspecified atom stereocenters. The van der Waals surface area contributed by atoms with E-state index < -0.39 is 14.9 Å². The molecule has 2 aromatic rings. The number of benzene rings is 2. The van der Waals surface area contributed by atoms with Crippen LogP contribution in [0.15, 0.2) is 47.4 Å². The molecule has 10 nitrogen and oxygen atoms in total. The van der Waals surface area contributed by atoms with Gasteiger partial charge in [-0.05, 0) is 44.0 Å². The van der Waals surface area contributed by atoms with Gasteiger partial charge in [0.2, 0.25) is 15.9 Å². The van der Waals surface area contributed by atoms with E-state index in [-0.39, 0.29) is 28.7 Å². The first kappa shape index (κ1) is 24.5. The number of nitrogens with one attached hydrogen (secondary N) is 1. The molecule has 0 spiro atoms. The van der Waals surface area contributed by atoms with Crippen LogP contribution in [-0.4, -0.2) is 56.8 Å². The van der Waals surface area contributed by atoms with E-state index in [9.17, 15) is 23.3 Å². The van der Waals surface area contributed by atoms with Crippen molar-refractivity contribution in [2.45, 2.75) is 31.1 Å². The molecule has 0 atom stereocenters. The molecule has 11 heteroatoms. The van der Waals surface area contributed by atoms with Gasteiger partial charge in [0.25, 0.3) is 5.69 Å². The molecule has 1 aliphatic rings. The number of hydrogen-bond donors (Lipinski definition) is 1. The second kappa shape index (κ2) is 10.6. The normalized spacial score (nSPS) is 14.5. The molecular weight excluding hydrogens is 448 g/mol. The number of carbonyl (C=O) groups excluding carboxylic acids is 1. The maximum Gasteiger partial charge on any atom is 0.293 e. The minimum Gasteiger partial charge on any atom is -0.495 e. The van der Waals surface area contributed by atoms with Crippen molar-refractivity contribution in [3.8, 4) is 5.75 Å². The molecular formula is C22H28N4O6S. The first-order valence-electron chi connectivity index (χ1n) is 10.7. The van der Waals surface area contributed by atoms with Crippen LogP contribution in [-0.2, 0) is 14.8 Å². The smallest absolute Gasteiger partial charge is 0.293 e. The van der Waals surface area contributed by atoms with Crippen LogP contribution in [0.2, 0.25) is 0 Å². The maximum atomic E-state index is 13.0. The number of anilines is 2. The van der Waals surface area contributed by atoms with Crippen molar-refractivity contribution < 1.29 is 22.9 Å². The van der Waals surface area contributed by atoms with Gasteiger partial charge in [0.05, 0.1) is 29.2 Å². The van der Waals surface area contributed by atoms with E-state index in [1.807, 2.05) is 0 Å². The van der Waals surface area contributed by atoms with Crippen LogP contribution in [0.1, 0.15) is 26.2 Å². The van der Waals surface area contributed by atoms with Gasteiger partial charge < -0.3 is 15.0 Å². The molecule has 33 heavy (non-hydrogen) atoms. The van der Waals surface area contributed by atoms with Crippen molar-refractivity contribution in [2.24, 2.45) is 0 Å². The van der Waals surface area contributed by atoms with E-state index in [0.717, 1.165) is 25.3 Å². The molecule has 178 valence electrons. The summed E-state index contributed by atoms with van der Waals surface area (Å²) in [6, 6.07) is 10.8. The second-order valence-electron chi connectivity index (χ2n) is 7.64. The van der Waals surface area contributed by atoms with Gasteiger partial charge in [-0.15, -0.1) is 0 Å². The summed E-state index contributed by atoms with van der Waals surface area (Å²) in [5.74, 6) is 0.104. The van der Waals surface area contributed by atoms with Gasteiger partial charge in [0, 0.05) is 25.7 Å². The number of para-hydroxylation sites is 2. The lowest BCUT2D eigenvalue weighted by Gasteiger charge is -2.26. The van der Waals surface area contributed by atoms with E-state index in [4.69, 9.17) is 4.74 Å². The molecule has 0 aromatic heterocycles. The number of sulfonamides is 1. The first-order valence-corrected chi connectivity index (χ1v) is 12.2. The van der Waals surface area contributed by atoms with Crippen molar-refractivity contribution in [1.82, 2.24) is 4.31 Å². The van der Waals surface area contributed by atoms with Crippen LogP contribution in [0.4, 0.5) is 17.1 Å². The van der Waals surface area contributed by atoms with E-state index in [0.29, 0.717) is 31.1 Å². The zero-order valence-electron chi connectivity index (χ0n) is 18.7. The number of nitrogens with zero attached hydrogens (tertiary/aromatic N) is 3. The summed E-state index contributed by atoms with van der Waals surface area (Å²) >= 11 is 0. The van der Waals surface area contributed by atoms with Gasteiger partial charge in [0.15, 0.2) is 0 Å². The third-order valence-corrected chi connectivity index (χ3v) is 7.43. The predicted octanol–water partition coefficient (Wildman–Crippen LogP) is 3.24. The number of ether oxygens (including phenoxy) is 1. The molecule has 1 amide bonds. The Morgan fingerprint density at radius 2 is 1.88 bits per heavy atom. The van der Waals surface area contributed by atoms with Gasteiger partial charge >= 0.3 is 0 Å². The Hall–Kier alpha value is -3.18. The number of hydrogen-bond acceptors (Lipinski definition) is 7. The summed E-state index contributed by atoms with van der Waals surface area (Å²) in [6.45, 7) is 2.72. The maximum absolute atomic E-state index is 13.0. The second-order valence-corrected chi connectivity index (χ2v) is 9.57. The molecule has 0 saturated carbocycles. The highest BCUT2D eigenvalue weighted by Gasteiger charge is 2.30. The summed E-state index contributed by atoms with van der Waals surface area (Å²) in [5.41, 5.74) is 0.300. The number of likely N-dealkylation sites (N-methyl/N-ethyl adjacent to an activating group) is 1. The first-order chi connectivity index (χ1) is 15.8. The van der Waals surface area contributed by atoms with Gasteiger partial charge in [-0.1, -0.05) is 18.6 Å². The zero-order valence-corrected chi connectivity index (χ0v) is 19.5. The lowest BCUT2D eigenvalue weighted by molar-refractivity contribution is -0.384. The van der Waals surface area contributed by atoms with Crippen molar-refractivity contribution in [3.63, 3.8) is 0 Å². The fraction of sp³-hybridized carbons (Fsp3) is 0.409. The van der Waals surface area contributed by atoms with Crippen LogP contribution < -0.4 is 15.0 Å². The number of nitro benzene ring substituents is 1. The minimum absolute atomic E-state index is 0.116. The molecule has 1 aliphatic heterocycles. The van der Waals surface area contributed by atoms with E-state index >= 15 is 0 Å². The van der Waals surface area contributed by atoms with Crippen LogP contribution in [0.3, 0.4) is 0 Å². The van der Waals surface area contributed by atoms with Crippen molar-refractivity contribution in [2.75, 3.05) is 43.5 Å². The molecule has 1 N–H and O–H groups in total. The van der Waals surface area contributed by atoms with E-state index in [1.165, 1.54) is 28.4 Å². The van der Waals surface area contributed by atoms with Crippen molar-refractivity contribution in [3.05, 3.63) is 52.6 Å². The highest BCUT2D eigenvalue weighted by molar-refractivity contribution is 7.89. The van der Waals surface area contributed by atoms with Gasteiger partial charge in [-0.25, -0.2) is 8.42 Å². The van der Waals surface area contributed by atoms with E-state index in [1.54, 1.807) is 31.2 Å². The van der Waals surface area contributed by atoms with Gasteiger partial charge in [0.1, 0.15) is 11.4 Å². The molecule has 1 saturated heterocycles. The Morgan fingerprint density at radius 3 is 2.52 bits per heavy atom. The number of nitro groups is 1. The fourth-order valence-corrected chi connectivity index (χ4v) is 5.35. The molecule has 0 radical (unpaired) electrons. The highest BCUT2D eigenvalue weighted by Crippen LogP contribution is 2.32. The fourth-order valence-electron chi connectivity index (χ4n) is 3.81. The number of rotatable bonds is 9. The number of piperidine rings is 1. The number of amides is 1. The molecule has 1 heterocycles. The Kier molecular flexibility index (Phi) is 7.88. The van der Waals surface area contributed by atoms with Gasteiger partial charge in [-0.2, -0.15) is 4.31 Å². The standard InChI is InChI=1S/C22H28N4O6S/c1-3-24(16-22(27)23-18-9-5-6-10-21(18)32-2)19-12-11-17(15-20(19)26(28)29)33(30,31)25-13-7-4-8-14-25/h5-6,9-12,15H,3-4,7-8,13-14,16H2,1-2H3,(H,23,27). The van der Waals surface area contributed by atoms with Crippen LogP contribution in [0.25, 0.3) is 0 Å². The lowest BCUT2D eigenvalue weighted by Crippen LogP contribution is -2.36. The number of carbonyl (C=O) groups is 1. The van der Waals surface area contributed by atoms with E-state index in [2.05, 4.69) is 5.32 Å². The lowest BCUT2D eigenvalue weighted by atomic mass is 10.2. The predicted molar refractivity (Wildman–Crippen MR) is 125 cm³/mol. The SMILES string of the molecule is CCN(CC(=O)Nc1ccccc1OC)c1ccc(S(=O)(=O)N2CCCCC2)cc1[N+](=O)[O-]. The summed E-state index contributed by atoms with van der Waals surface area (Å²) in [4.78, 5) is 25.3. The number of methoxy groups -OCH3 is 1. The Balaban J connectivity index is 1.85. The summed E-state index contributed by atoms with van der Waals surface area (Å²) in [7, 11) is -2.33. The molecule has 1 fully saturated rings. The van der Waals surface area contributed by atoms with Crippen LogP contribution >= 0.6 is 0 Å². The third kappa shape index (κ3) is 5.60. The largest absolute Gasteiger partial charge is 0.495 e. The average Bonchev–Trinajstić information content (AvgIpc) is 2.83. The Bertz CT molecular complexity index is 1120. The topological polar surface area (TPSA) is 122 Å². The molecule has 0 aliphatic carbocycles. The average molecular weight is 477 g/mol. The highest BCUT2D eigenvalue weighted by atomic mass is 32.2. The quantitative estimate of drug-likeness (QED) is 0.435. The summed E-state index contributed by atoms with van der Waals surface area (Å²) in [6.07, 6.45) is 2.50. The Labute approximate surface area is 193 Å². The third-order valence-electron chi connectivity index (χ3n) is 5.53. The van der Waals surface area contributed by atoms with Crippen molar-refractivity contribution >= 4 is 33.0 Å². The minimum atomic E-state index is -3.82. The van der Waals surface area contributed by atoms with Crippen LogP contribution in [0.5, 0.6) is 5.75 Å². The monoisotopic (exact) mass is 476 g/mol. The molecule has 3 rings (SSSR count). The Morgan fingerprint density at radius 1 is 1.18 bits per heavy atom. The summed E-state index contributed by atoms with van der Waals surface area (Å²) in [5, 5.41) is 14.6. The van der Waals surface area contributed by atoms with Crippen LogP contribution in [0, 0.1) is 10.1 Å². The van der Waals surface area contributed by atoms with Crippen molar-refractivity contribution in [1.29, 1.82) is 0 Å². The molecule has 2 aromatic carbocycles.